The van der Waals surface area contributed by atoms with Crippen molar-refractivity contribution in [1.29, 1.82) is 0 Å². The van der Waals surface area contributed by atoms with Gasteiger partial charge in [-0.2, -0.15) is 0 Å². The third-order valence-corrected chi connectivity index (χ3v) is 3.77. The van der Waals surface area contributed by atoms with Crippen LogP contribution in [0, 0.1) is 10.8 Å². The van der Waals surface area contributed by atoms with Crippen LogP contribution in [0.4, 0.5) is 0 Å². The Kier molecular flexibility index (Phi) is 13.1. The second-order valence-corrected chi connectivity index (χ2v) is 14.1. The summed E-state index contributed by atoms with van der Waals surface area (Å²) in [5.74, 6) is 0. The van der Waals surface area contributed by atoms with Crippen molar-refractivity contribution in [2.24, 2.45) is 24.9 Å². The predicted molar refractivity (Wildman–Crippen MR) is 149 cm³/mol. The number of aryl methyl sites for hydroxylation is 2. The van der Waals surface area contributed by atoms with Crippen molar-refractivity contribution in [3.05, 3.63) is 62.7 Å². The zero-order chi connectivity index (χ0) is 27.7. The van der Waals surface area contributed by atoms with Gasteiger partial charge in [-0.3, -0.25) is 4.79 Å². The molecule has 0 radical (unpaired) electrons. The molecule has 0 atom stereocenters. The fourth-order valence-corrected chi connectivity index (χ4v) is 1.94. The monoisotopic (exact) mass is 475 g/mol. The van der Waals surface area contributed by atoms with Crippen LogP contribution >= 0.6 is 0 Å². The summed E-state index contributed by atoms with van der Waals surface area (Å²) >= 11 is 0. The van der Waals surface area contributed by atoms with Crippen molar-refractivity contribution >= 4 is 0 Å². The molecule has 0 amide bonds. The molecule has 2 aromatic rings. The zero-order valence-electron chi connectivity index (χ0n) is 25.0. The fraction of sp³-hybridized carbons (Fsp3) is 0.690. The molecule has 2 aromatic heterocycles. The summed E-state index contributed by atoms with van der Waals surface area (Å²) in [4.78, 5) is 25.8. The lowest BCUT2D eigenvalue weighted by Crippen LogP contribution is -2.23. The number of rotatable bonds is 0. The van der Waals surface area contributed by atoms with E-state index >= 15 is 0 Å². The molecule has 196 valence electrons. The van der Waals surface area contributed by atoms with Crippen LogP contribution in [0.3, 0.4) is 0 Å². The highest BCUT2D eigenvalue weighted by atomic mass is 16.1. The smallest absolute Gasteiger partial charge is 0.318 e. The van der Waals surface area contributed by atoms with Gasteiger partial charge in [0.1, 0.15) is 0 Å². The van der Waals surface area contributed by atoms with Crippen molar-refractivity contribution in [1.82, 2.24) is 14.1 Å². The number of nitrogens with zero attached hydrogens (tertiary/aromatic N) is 3. The Balaban J connectivity index is 0. The van der Waals surface area contributed by atoms with E-state index in [2.05, 4.69) is 102 Å². The number of pyridine rings is 1. The molecule has 0 fully saturated rings. The van der Waals surface area contributed by atoms with Crippen LogP contribution in [0.25, 0.3) is 0 Å². The fourth-order valence-electron chi connectivity index (χ4n) is 1.94. The molecule has 0 saturated carbocycles. The van der Waals surface area contributed by atoms with Gasteiger partial charge in [0, 0.05) is 38.8 Å². The first kappa shape index (κ1) is 34.0. The Labute approximate surface area is 209 Å². The number of hydrogen-bond acceptors (Lipinski definition) is 3. The summed E-state index contributed by atoms with van der Waals surface area (Å²) in [6.07, 6.45) is 5.36. The van der Waals surface area contributed by atoms with Crippen LogP contribution in [0.5, 0.6) is 0 Å². The summed E-state index contributed by atoms with van der Waals surface area (Å²) < 4.78 is 3.11. The molecule has 0 aliphatic heterocycles. The molecule has 0 aromatic carbocycles. The highest BCUT2D eigenvalue weighted by Crippen LogP contribution is 2.20. The minimum atomic E-state index is -0.206. The van der Waals surface area contributed by atoms with Gasteiger partial charge in [-0.1, -0.05) is 103 Å². The van der Waals surface area contributed by atoms with E-state index in [9.17, 15) is 9.59 Å². The van der Waals surface area contributed by atoms with Gasteiger partial charge in [0.25, 0.3) is 0 Å². The predicted octanol–water partition coefficient (Wildman–Crippen LogP) is 6.87. The van der Waals surface area contributed by atoms with Gasteiger partial charge in [-0.05, 0) is 32.8 Å². The second kappa shape index (κ2) is 13.1. The molecule has 0 N–H and O–H groups in total. The van der Waals surface area contributed by atoms with Gasteiger partial charge in [-0.15, -0.1) is 0 Å². The molecule has 0 aliphatic rings. The van der Waals surface area contributed by atoms with Gasteiger partial charge in [-0.25, -0.2) is 9.78 Å². The maximum atomic E-state index is 11.1. The lowest BCUT2D eigenvalue weighted by molar-refractivity contribution is 0.469. The normalized spacial score (nSPS) is 11.8. The average Bonchev–Trinajstić information content (AvgIpc) is 2.55. The molecule has 0 spiro atoms. The topological polar surface area (TPSA) is 56.9 Å². The van der Waals surface area contributed by atoms with Crippen molar-refractivity contribution in [3.63, 3.8) is 0 Å². The highest BCUT2D eigenvalue weighted by molar-refractivity contribution is 5.18. The first-order valence-corrected chi connectivity index (χ1v) is 12.0. The Bertz CT molecular complexity index is 877. The molecule has 34 heavy (non-hydrogen) atoms. The third-order valence-electron chi connectivity index (χ3n) is 3.77. The molecular weight excluding hydrogens is 422 g/mol. The van der Waals surface area contributed by atoms with Gasteiger partial charge in [0.2, 0.25) is 5.56 Å². The third kappa shape index (κ3) is 19.3. The zero-order valence-corrected chi connectivity index (χ0v) is 25.0. The van der Waals surface area contributed by atoms with Crippen LogP contribution in [0.1, 0.15) is 108 Å². The van der Waals surface area contributed by atoms with E-state index in [1.54, 1.807) is 30.9 Å². The SMILES string of the molecule is CC(C)(C)C.CC(C)(C)C.Cn1cc(C(C)(C)C)ccc1=O.Cn1cc(C(C)(C)C)cnc1=O. The van der Waals surface area contributed by atoms with E-state index in [4.69, 9.17) is 0 Å². The van der Waals surface area contributed by atoms with Crippen molar-refractivity contribution in [3.8, 4) is 0 Å². The highest BCUT2D eigenvalue weighted by Gasteiger charge is 2.14. The lowest BCUT2D eigenvalue weighted by atomic mass is 9.88. The molecule has 2 rings (SSSR count). The molecular formula is C29H53N3O2. The maximum absolute atomic E-state index is 11.1. The van der Waals surface area contributed by atoms with Crippen molar-refractivity contribution in [2.45, 2.75) is 108 Å². The van der Waals surface area contributed by atoms with E-state index in [0.29, 0.717) is 10.8 Å². The summed E-state index contributed by atoms with van der Waals surface area (Å²) in [5.41, 5.74) is 3.27. The van der Waals surface area contributed by atoms with Crippen LogP contribution in [0.2, 0.25) is 0 Å². The minimum Gasteiger partial charge on any atom is -0.318 e. The first-order valence-electron chi connectivity index (χ1n) is 12.0. The quantitative estimate of drug-likeness (QED) is 0.418. The Hall–Kier alpha value is -2.17. The second-order valence-electron chi connectivity index (χ2n) is 14.1. The Morgan fingerprint density at radius 2 is 0.941 bits per heavy atom. The van der Waals surface area contributed by atoms with Crippen LogP contribution in [-0.4, -0.2) is 14.1 Å². The Morgan fingerprint density at radius 1 is 0.588 bits per heavy atom. The van der Waals surface area contributed by atoms with Gasteiger partial charge < -0.3 is 9.13 Å². The van der Waals surface area contributed by atoms with Crippen LogP contribution < -0.4 is 11.2 Å². The molecule has 0 bridgehead atoms. The number of aromatic nitrogens is 3. The van der Waals surface area contributed by atoms with Crippen molar-refractivity contribution in [2.75, 3.05) is 0 Å². The summed E-state index contributed by atoms with van der Waals surface area (Å²) in [5, 5.41) is 0. The minimum absolute atomic E-state index is 0.0444. The number of hydrogen-bond donors (Lipinski definition) is 0. The lowest BCUT2D eigenvalue weighted by Gasteiger charge is -2.19. The van der Waals surface area contributed by atoms with E-state index in [1.807, 2.05) is 18.5 Å². The first-order chi connectivity index (χ1) is 14.8. The van der Waals surface area contributed by atoms with Crippen LogP contribution in [0.15, 0.2) is 40.3 Å². The molecule has 5 nitrogen and oxygen atoms in total. The molecule has 5 heteroatoms. The average molecular weight is 476 g/mol. The standard InChI is InChI=1S/C10H15NO.C9H14N2O.2C5H12/c1-10(2,3)8-5-6-9(12)11(4)7-8;1-9(2,3)7-5-10-8(12)11(4)6-7;2*1-5(2,3)4/h5-7H,1-4H3;5-6H,1-4H3;2*1-4H3. The molecule has 0 saturated heterocycles. The molecule has 0 aliphatic carbocycles. The van der Waals surface area contributed by atoms with E-state index < -0.39 is 0 Å². The van der Waals surface area contributed by atoms with Gasteiger partial charge >= 0.3 is 5.69 Å². The maximum Gasteiger partial charge on any atom is 0.347 e. The Morgan fingerprint density at radius 3 is 1.24 bits per heavy atom. The van der Waals surface area contributed by atoms with Crippen molar-refractivity contribution < 1.29 is 0 Å². The van der Waals surface area contributed by atoms with E-state index in [0.717, 1.165) is 5.56 Å². The summed E-state index contributed by atoms with van der Waals surface area (Å²) in [7, 11) is 3.49. The van der Waals surface area contributed by atoms with Gasteiger partial charge in [0.05, 0.1) is 0 Å². The summed E-state index contributed by atoms with van der Waals surface area (Å²) in [6.45, 7) is 30.2. The largest absolute Gasteiger partial charge is 0.347 e. The summed E-state index contributed by atoms with van der Waals surface area (Å²) in [6, 6.07) is 3.50. The van der Waals surface area contributed by atoms with E-state index in [-0.39, 0.29) is 22.1 Å². The van der Waals surface area contributed by atoms with Crippen LogP contribution in [-0.2, 0) is 24.9 Å². The molecule has 2 heterocycles. The molecule has 0 unspecified atom stereocenters. The van der Waals surface area contributed by atoms with E-state index in [1.165, 1.54) is 10.1 Å². The van der Waals surface area contributed by atoms with Gasteiger partial charge in [0.15, 0.2) is 0 Å².